The molecule has 1 N–H and O–H groups in total. The first-order valence-electron chi connectivity index (χ1n) is 10.8. The molecule has 0 saturated heterocycles. The molecular formula is C24H22N4O3S. The highest BCUT2D eigenvalue weighted by atomic mass is 32.1. The predicted octanol–water partition coefficient (Wildman–Crippen LogP) is 4.06. The summed E-state index contributed by atoms with van der Waals surface area (Å²) in [6.07, 6.45) is 6.63. The monoisotopic (exact) mass is 446 g/mol. The number of hydrogen-bond donors (Lipinski definition) is 1. The largest absolute Gasteiger partial charge is 0.346 e. The van der Waals surface area contributed by atoms with E-state index in [4.69, 9.17) is 0 Å². The van der Waals surface area contributed by atoms with Crippen molar-refractivity contribution in [1.29, 1.82) is 0 Å². The molecule has 2 aliphatic rings. The van der Waals surface area contributed by atoms with Crippen molar-refractivity contribution in [2.75, 3.05) is 0 Å². The van der Waals surface area contributed by atoms with Crippen molar-refractivity contribution >= 4 is 29.1 Å². The zero-order chi connectivity index (χ0) is 22.1. The minimum atomic E-state index is -0.309. The Bertz CT molecular complexity index is 1180. The van der Waals surface area contributed by atoms with Crippen LogP contribution < -0.4 is 5.32 Å². The Morgan fingerprint density at radius 1 is 1.06 bits per heavy atom. The third-order valence-electron chi connectivity index (χ3n) is 5.99. The summed E-state index contributed by atoms with van der Waals surface area (Å²) in [6.45, 7) is 0.264. The molecule has 3 heterocycles. The Labute approximate surface area is 189 Å². The van der Waals surface area contributed by atoms with Crippen molar-refractivity contribution in [3.63, 3.8) is 0 Å². The quantitative estimate of drug-likeness (QED) is 0.597. The molecule has 7 nitrogen and oxygen atoms in total. The van der Waals surface area contributed by atoms with E-state index in [0.29, 0.717) is 16.7 Å². The maximum Gasteiger partial charge on any atom is 0.261 e. The number of nitrogens with one attached hydrogen (secondary N) is 1. The topological polar surface area (TPSA) is 92.3 Å². The van der Waals surface area contributed by atoms with Crippen molar-refractivity contribution in [3.8, 4) is 10.7 Å². The third kappa shape index (κ3) is 3.82. The molecule has 3 amide bonds. The summed E-state index contributed by atoms with van der Waals surface area (Å²) in [5.74, 6) is -0.837. The second-order valence-corrected chi connectivity index (χ2v) is 8.93. The number of carbonyl (C=O) groups is 3. The second kappa shape index (κ2) is 8.63. The van der Waals surface area contributed by atoms with E-state index in [1.54, 1.807) is 18.3 Å². The molecular weight excluding hydrogens is 424 g/mol. The molecule has 1 aliphatic heterocycles. The van der Waals surface area contributed by atoms with Crippen LogP contribution >= 0.6 is 11.3 Å². The maximum atomic E-state index is 13.0. The number of hydrogen-bond acceptors (Lipinski definition) is 6. The van der Waals surface area contributed by atoms with Gasteiger partial charge in [0.2, 0.25) is 0 Å². The van der Waals surface area contributed by atoms with Crippen LogP contribution in [-0.2, 0) is 6.54 Å². The van der Waals surface area contributed by atoms with Gasteiger partial charge >= 0.3 is 0 Å². The lowest BCUT2D eigenvalue weighted by Crippen LogP contribution is -2.40. The smallest absolute Gasteiger partial charge is 0.261 e. The number of nitrogens with zero attached hydrogens (tertiary/aromatic N) is 3. The summed E-state index contributed by atoms with van der Waals surface area (Å²) in [4.78, 5) is 48.7. The SMILES string of the molecule is O=C(NCc1csc(-c2ccccn2)n1)c1ccc2c(c1)C(=O)N(C1CCCCC1)C2=O. The second-order valence-electron chi connectivity index (χ2n) is 8.07. The summed E-state index contributed by atoms with van der Waals surface area (Å²) in [5, 5.41) is 5.52. The molecule has 2 aromatic heterocycles. The van der Waals surface area contributed by atoms with Gasteiger partial charge in [-0.05, 0) is 43.2 Å². The van der Waals surface area contributed by atoms with Crippen LogP contribution in [0.5, 0.6) is 0 Å². The average molecular weight is 447 g/mol. The van der Waals surface area contributed by atoms with Crippen molar-refractivity contribution in [3.05, 3.63) is 70.4 Å². The Morgan fingerprint density at radius 2 is 1.88 bits per heavy atom. The van der Waals surface area contributed by atoms with Gasteiger partial charge in [-0.3, -0.25) is 24.3 Å². The van der Waals surface area contributed by atoms with E-state index >= 15 is 0 Å². The van der Waals surface area contributed by atoms with Crippen molar-refractivity contribution in [2.45, 2.75) is 44.7 Å². The first-order chi connectivity index (χ1) is 15.6. The molecule has 1 aliphatic carbocycles. The van der Waals surface area contributed by atoms with Crippen LogP contribution in [0.1, 0.15) is 68.9 Å². The molecule has 0 bridgehead atoms. The molecule has 1 aromatic carbocycles. The number of rotatable bonds is 5. The Morgan fingerprint density at radius 3 is 2.66 bits per heavy atom. The van der Waals surface area contributed by atoms with E-state index in [9.17, 15) is 14.4 Å². The van der Waals surface area contributed by atoms with Gasteiger partial charge in [0.25, 0.3) is 17.7 Å². The van der Waals surface area contributed by atoms with Crippen LogP contribution in [0, 0.1) is 0 Å². The number of aromatic nitrogens is 2. The lowest BCUT2D eigenvalue weighted by atomic mass is 9.94. The Balaban J connectivity index is 1.27. The molecule has 5 rings (SSSR count). The number of fused-ring (bicyclic) bond motifs is 1. The van der Waals surface area contributed by atoms with Crippen LogP contribution in [0.25, 0.3) is 10.7 Å². The molecule has 1 saturated carbocycles. The lowest BCUT2D eigenvalue weighted by molar-refractivity contribution is 0.0549. The predicted molar refractivity (Wildman–Crippen MR) is 120 cm³/mol. The van der Waals surface area contributed by atoms with E-state index in [2.05, 4.69) is 15.3 Å². The first kappa shape index (κ1) is 20.5. The summed E-state index contributed by atoms with van der Waals surface area (Å²) >= 11 is 1.47. The molecule has 3 aromatic rings. The summed E-state index contributed by atoms with van der Waals surface area (Å²) in [6, 6.07) is 10.3. The van der Waals surface area contributed by atoms with E-state index in [1.807, 2.05) is 23.6 Å². The molecule has 0 atom stereocenters. The summed E-state index contributed by atoms with van der Waals surface area (Å²) < 4.78 is 0. The number of benzene rings is 1. The van der Waals surface area contributed by atoms with Gasteiger partial charge in [0.05, 0.1) is 29.1 Å². The summed E-state index contributed by atoms with van der Waals surface area (Å²) in [7, 11) is 0. The zero-order valence-electron chi connectivity index (χ0n) is 17.4. The Hall–Kier alpha value is -3.39. The maximum absolute atomic E-state index is 13.0. The molecule has 0 unspecified atom stereocenters. The van der Waals surface area contributed by atoms with Crippen LogP contribution in [0.15, 0.2) is 48.0 Å². The van der Waals surface area contributed by atoms with Gasteiger partial charge in [-0.2, -0.15) is 0 Å². The minimum absolute atomic E-state index is 0.0357. The van der Waals surface area contributed by atoms with Crippen LogP contribution in [0.4, 0.5) is 0 Å². The highest BCUT2D eigenvalue weighted by Crippen LogP contribution is 2.31. The Kier molecular flexibility index (Phi) is 5.53. The molecule has 1 fully saturated rings. The van der Waals surface area contributed by atoms with Gasteiger partial charge in [-0.15, -0.1) is 11.3 Å². The van der Waals surface area contributed by atoms with Crippen LogP contribution in [0.2, 0.25) is 0 Å². The van der Waals surface area contributed by atoms with Crippen molar-refractivity contribution in [2.24, 2.45) is 0 Å². The van der Waals surface area contributed by atoms with Gasteiger partial charge in [0.1, 0.15) is 5.01 Å². The van der Waals surface area contributed by atoms with Gasteiger partial charge in [-0.1, -0.05) is 25.3 Å². The van der Waals surface area contributed by atoms with Gasteiger partial charge < -0.3 is 5.32 Å². The normalized spacial score (nSPS) is 16.3. The third-order valence-corrected chi connectivity index (χ3v) is 6.90. The molecule has 0 radical (unpaired) electrons. The number of carbonyl (C=O) groups excluding carboxylic acids is 3. The van der Waals surface area contributed by atoms with E-state index < -0.39 is 0 Å². The van der Waals surface area contributed by atoms with Gasteiger partial charge in [0, 0.05) is 23.2 Å². The molecule has 0 spiro atoms. The molecule has 8 heteroatoms. The molecule has 162 valence electrons. The van der Waals surface area contributed by atoms with Crippen molar-refractivity contribution in [1.82, 2.24) is 20.2 Å². The van der Waals surface area contributed by atoms with E-state index in [-0.39, 0.29) is 30.3 Å². The van der Waals surface area contributed by atoms with Crippen LogP contribution in [-0.4, -0.2) is 38.6 Å². The lowest BCUT2D eigenvalue weighted by Gasteiger charge is -2.29. The fourth-order valence-electron chi connectivity index (χ4n) is 4.34. The summed E-state index contributed by atoms with van der Waals surface area (Å²) in [5.41, 5.74) is 2.59. The minimum Gasteiger partial charge on any atom is -0.346 e. The van der Waals surface area contributed by atoms with Crippen molar-refractivity contribution < 1.29 is 14.4 Å². The van der Waals surface area contributed by atoms with Gasteiger partial charge in [-0.25, -0.2) is 4.98 Å². The standard InChI is InChI=1S/C24H22N4O3S/c29-21(26-13-16-14-32-22(27-16)20-8-4-5-11-25-20)15-9-10-18-19(12-15)24(31)28(23(18)30)17-6-2-1-3-7-17/h4-5,8-12,14,17H,1-3,6-7,13H2,(H,26,29). The molecule has 32 heavy (non-hydrogen) atoms. The zero-order valence-corrected chi connectivity index (χ0v) is 18.2. The first-order valence-corrected chi connectivity index (χ1v) is 11.7. The van der Waals surface area contributed by atoms with E-state index in [1.165, 1.54) is 22.3 Å². The highest BCUT2D eigenvalue weighted by Gasteiger charge is 2.40. The number of amides is 3. The number of imide groups is 1. The van der Waals surface area contributed by atoms with Gasteiger partial charge in [0.15, 0.2) is 0 Å². The van der Waals surface area contributed by atoms with Crippen LogP contribution in [0.3, 0.4) is 0 Å². The fraction of sp³-hybridized carbons (Fsp3) is 0.292. The van der Waals surface area contributed by atoms with E-state index in [0.717, 1.165) is 48.5 Å². The average Bonchev–Trinajstić information content (AvgIpc) is 3.41. The highest BCUT2D eigenvalue weighted by molar-refractivity contribution is 7.13. The number of thiazole rings is 1. The number of pyridine rings is 1. The fourth-order valence-corrected chi connectivity index (χ4v) is 5.13.